The van der Waals surface area contributed by atoms with E-state index in [1.165, 1.54) is 45.6 Å². The van der Waals surface area contributed by atoms with Gasteiger partial charge in [-0.05, 0) is 25.8 Å². The van der Waals surface area contributed by atoms with Crippen molar-refractivity contribution in [3.05, 3.63) is 0 Å². The van der Waals surface area contributed by atoms with Gasteiger partial charge in [-0.1, -0.05) is 26.2 Å². The van der Waals surface area contributed by atoms with Crippen LogP contribution < -0.4 is 0 Å². The minimum Gasteiger partial charge on any atom is -0.468 e. The number of unbranched alkanes of at least 4 members (excludes halogenated alkanes) is 1. The largest absolute Gasteiger partial charge is 0.468 e. The molecule has 0 N–H and O–H groups in total. The van der Waals surface area contributed by atoms with Gasteiger partial charge in [0, 0.05) is 6.04 Å². The monoisotopic (exact) mass is 213 g/mol. The van der Waals surface area contributed by atoms with Crippen molar-refractivity contribution in [1.82, 2.24) is 4.90 Å². The predicted octanol–water partition coefficient (Wildman–Crippen LogP) is 2.20. The third kappa shape index (κ3) is 4.20. The number of methoxy groups -OCH3 is 1. The third-order valence-corrected chi connectivity index (χ3v) is 3.20. The van der Waals surface area contributed by atoms with Crippen LogP contribution in [0.2, 0.25) is 0 Å². The van der Waals surface area contributed by atoms with Gasteiger partial charge < -0.3 is 4.74 Å². The molecule has 0 radical (unpaired) electrons. The zero-order valence-electron chi connectivity index (χ0n) is 10.00. The van der Waals surface area contributed by atoms with E-state index >= 15 is 0 Å². The molecule has 88 valence electrons. The maximum absolute atomic E-state index is 11.3. The topological polar surface area (TPSA) is 29.5 Å². The van der Waals surface area contributed by atoms with Gasteiger partial charge in [-0.3, -0.25) is 9.69 Å². The normalized spacial score (nSPS) is 17.3. The Labute approximate surface area is 92.8 Å². The van der Waals surface area contributed by atoms with Crippen LogP contribution in [0.5, 0.6) is 0 Å². The number of hydrogen-bond acceptors (Lipinski definition) is 3. The van der Waals surface area contributed by atoms with E-state index in [2.05, 4.69) is 11.8 Å². The van der Waals surface area contributed by atoms with E-state index in [4.69, 9.17) is 4.74 Å². The van der Waals surface area contributed by atoms with Crippen LogP contribution in [0.4, 0.5) is 0 Å². The van der Waals surface area contributed by atoms with Crippen LogP contribution in [-0.4, -0.2) is 37.1 Å². The number of carbonyl (C=O) groups excluding carboxylic acids is 1. The van der Waals surface area contributed by atoms with Crippen molar-refractivity contribution in [3.8, 4) is 0 Å². The fourth-order valence-corrected chi connectivity index (χ4v) is 2.25. The minimum atomic E-state index is -0.0991. The average molecular weight is 213 g/mol. The lowest BCUT2D eigenvalue weighted by atomic mass is 10.2. The molecule has 1 fully saturated rings. The number of ether oxygens (including phenoxy) is 1. The van der Waals surface area contributed by atoms with E-state index in [1.54, 1.807) is 0 Å². The number of carbonyl (C=O) groups is 1. The number of hydrogen-bond donors (Lipinski definition) is 0. The molecule has 0 unspecified atom stereocenters. The number of esters is 1. The van der Waals surface area contributed by atoms with E-state index in [0.29, 0.717) is 12.6 Å². The molecular weight excluding hydrogens is 190 g/mol. The summed E-state index contributed by atoms with van der Waals surface area (Å²) in [5.41, 5.74) is 0. The van der Waals surface area contributed by atoms with Crippen molar-refractivity contribution in [1.29, 1.82) is 0 Å². The maximum Gasteiger partial charge on any atom is 0.319 e. The van der Waals surface area contributed by atoms with Crippen molar-refractivity contribution < 1.29 is 9.53 Å². The molecule has 15 heavy (non-hydrogen) atoms. The first-order valence-electron chi connectivity index (χ1n) is 6.08. The lowest BCUT2D eigenvalue weighted by Crippen LogP contribution is -2.38. The second kappa shape index (κ2) is 6.83. The Morgan fingerprint density at radius 1 is 1.40 bits per heavy atom. The zero-order chi connectivity index (χ0) is 11.1. The molecule has 0 aromatic rings. The molecule has 0 aromatic carbocycles. The molecule has 0 spiro atoms. The summed E-state index contributed by atoms with van der Waals surface area (Å²) in [6.07, 6.45) is 7.49. The molecule has 1 aliphatic carbocycles. The Balaban J connectivity index is 2.40. The first kappa shape index (κ1) is 12.5. The Bertz CT molecular complexity index is 188. The minimum absolute atomic E-state index is 0.0991. The summed E-state index contributed by atoms with van der Waals surface area (Å²) in [6, 6.07) is 0.621. The summed E-state index contributed by atoms with van der Waals surface area (Å²) in [7, 11) is 1.47. The summed E-state index contributed by atoms with van der Waals surface area (Å²) in [5.74, 6) is -0.0991. The van der Waals surface area contributed by atoms with Crippen LogP contribution in [0.25, 0.3) is 0 Å². The molecule has 0 bridgehead atoms. The highest BCUT2D eigenvalue weighted by molar-refractivity contribution is 5.71. The van der Waals surface area contributed by atoms with Gasteiger partial charge in [0.1, 0.15) is 0 Å². The van der Waals surface area contributed by atoms with Crippen LogP contribution in [0.1, 0.15) is 45.4 Å². The summed E-state index contributed by atoms with van der Waals surface area (Å²) >= 11 is 0. The fourth-order valence-electron chi connectivity index (χ4n) is 2.25. The molecule has 1 saturated carbocycles. The van der Waals surface area contributed by atoms with Gasteiger partial charge in [0.15, 0.2) is 0 Å². The second-order valence-corrected chi connectivity index (χ2v) is 4.34. The van der Waals surface area contributed by atoms with Crippen molar-refractivity contribution >= 4 is 5.97 Å². The van der Waals surface area contributed by atoms with E-state index in [0.717, 1.165) is 6.54 Å². The highest BCUT2D eigenvalue weighted by Gasteiger charge is 2.23. The zero-order valence-corrected chi connectivity index (χ0v) is 10.00. The Morgan fingerprint density at radius 3 is 2.60 bits per heavy atom. The SMILES string of the molecule is CCCCN(CC(=O)OC)C1CCCC1. The Morgan fingerprint density at radius 2 is 2.07 bits per heavy atom. The maximum atomic E-state index is 11.3. The van der Waals surface area contributed by atoms with Crippen LogP contribution in [0, 0.1) is 0 Å². The van der Waals surface area contributed by atoms with Crippen molar-refractivity contribution in [2.75, 3.05) is 20.2 Å². The standard InChI is InChI=1S/C12H23NO2/c1-3-4-9-13(10-12(14)15-2)11-7-5-6-8-11/h11H,3-10H2,1-2H3. The molecule has 3 nitrogen and oxygen atoms in total. The molecule has 0 atom stereocenters. The van der Waals surface area contributed by atoms with Crippen molar-refractivity contribution in [2.24, 2.45) is 0 Å². The van der Waals surface area contributed by atoms with Gasteiger partial charge in [-0.2, -0.15) is 0 Å². The van der Waals surface area contributed by atoms with Crippen LogP contribution in [0.3, 0.4) is 0 Å². The van der Waals surface area contributed by atoms with Gasteiger partial charge in [0.2, 0.25) is 0 Å². The van der Waals surface area contributed by atoms with E-state index in [1.807, 2.05) is 0 Å². The molecule has 0 aromatic heterocycles. The first-order valence-corrected chi connectivity index (χ1v) is 6.08. The Kier molecular flexibility index (Phi) is 5.69. The van der Waals surface area contributed by atoms with Gasteiger partial charge in [0.05, 0.1) is 13.7 Å². The van der Waals surface area contributed by atoms with Crippen LogP contribution in [-0.2, 0) is 9.53 Å². The molecule has 3 heteroatoms. The van der Waals surface area contributed by atoms with Gasteiger partial charge in [0.25, 0.3) is 0 Å². The van der Waals surface area contributed by atoms with Gasteiger partial charge in [-0.15, -0.1) is 0 Å². The molecule has 1 rings (SSSR count). The second-order valence-electron chi connectivity index (χ2n) is 4.34. The molecule has 0 amide bonds. The molecule has 0 aliphatic heterocycles. The molecule has 0 saturated heterocycles. The fraction of sp³-hybridized carbons (Fsp3) is 0.917. The third-order valence-electron chi connectivity index (χ3n) is 3.20. The highest BCUT2D eigenvalue weighted by Crippen LogP contribution is 2.23. The van der Waals surface area contributed by atoms with Crippen molar-refractivity contribution in [3.63, 3.8) is 0 Å². The summed E-state index contributed by atoms with van der Waals surface area (Å²) < 4.78 is 4.74. The van der Waals surface area contributed by atoms with Crippen LogP contribution >= 0.6 is 0 Å². The number of rotatable bonds is 6. The molecule has 0 heterocycles. The lowest BCUT2D eigenvalue weighted by Gasteiger charge is -2.27. The van der Waals surface area contributed by atoms with E-state index in [-0.39, 0.29) is 5.97 Å². The average Bonchev–Trinajstić information content (AvgIpc) is 2.77. The van der Waals surface area contributed by atoms with Crippen LogP contribution in [0.15, 0.2) is 0 Å². The highest BCUT2D eigenvalue weighted by atomic mass is 16.5. The Hall–Kier alpha value is -0.570. The smallest absolute Gasteiger partial charge is 0.319 e. The predicted molar refractivity (Wildman–Crippen MR) is 60.8 cm³/mol. The molecular formula is C12H23NO2. The molecule has 1 aliphatic rings. The quantitative estimate of drug-likeness (QED) is 0.633. The number of nitrogens with zero attached hydrogens (tertiary/aromatic N) is 1. The summed E-state index contributed by atoms with van der Waals surface area (Å²) in [6.45, 7) is 3.70. The summed E-state index contributed by atoms with van der Waals surface area (Å²) in [4.78, 5) is 13.6. The summed E-state index contributed by atoms with van der Waals surface area (Å²) in [5, 5.41) is 0. The van der Waals surface area contributed by atoms with Crippen molar-refractivity contribution in [2.45, 2.75) is 51.5 Å². The van der Waals surface area contributed by atoms with Gasteiger partial charge in [-0.25, -0.2) is 0 Å². The van der Waals surface area contributed by atoms with E-state index < -0.39 is 0 Å². The lowest BCUT2D eigenvalue weighted by molar-refractivity contribution is -0.142. The first-order chi connectivity index (χ1) is 7.27. The van der Waals surface area contributed by atoms with Gasteiger partial charge >= 0.3 is 5.97 Å². The van der Waals surface area contributed by atoms with E-state index in [9.17, 15) is 4.79 Å².